The van der Waals surface area contributed by atoms with E-state index in [1.807, 2.05) is 6.07 Å². The van der Waals surface area contributed by atoms with E-state index in [4.69, 9.17) is 4.74 Å². The second kappa shape index (κ2) is 7.26. The summed E-state index contributed by atoms with van der Waals surface area (Å²) in [5, 5.41) is 5.42. The van der Waals surface area contributed by atoms with Crippen LogP contribution in [-0.2, 0) is 14.4 Å². The number of nitrogens with zero attached hydrogens (tertiary/aromatic N) is 1. The van der Waals surface area contributed by atoms with Crippen LogP contribution in [0.2, 0.25) is 0 Å². The average Bonchev–Trinajstić information content (AvgIpc) is 2.60. The van der Waals surface area contributed by atoms with Gasteiger partial charge in [0.05, 0.1) is 12.2 Å². The normalized spacial score (nSPS) is 15.5. The molecular weight excluding hydrogens is 334 g/mol. The highest BCUT2D eigenvalue weighted by atomic mass is 16.5. The molecule has 2 aromatic carbocycles. The van der Waals surface area contributed by atoms with Crippen LogP contribution in [0, 0.1) is 0 Å². The van der Waals surface area contributed by atoms with Crippen LogP contribution in [0.1, 0.15) is 13.8 Å². The molecule has 7 heteroatoms. The third-order valence-corrected chi connectivity index (χ3v) is 3.90. The molecule has 7 nitrogen and oxygen atoms in total. The van der Waals surface area contributed by atoms with Crippen molar-refractivity contribution in [2.45, 2.75) is 20.0 Å². The van der Waals surface area contributed by atoms with Crippen molar-refractivity contribution in [3.8, 4) is 5.75 Å². The number of hydrogen-bond acceptors (Lipinski definition) is 4. The van der Waals surface area contributed by atoms with Crippen molar-refractivity contribution in [2.75, 3.05) is 22.1 Å². The quantitative estimate of drug-likeness (QED) is 0.887. The van der Waals surface area contributed by atoms with Crippen LogP contribution < -0.4 is 20.3 Å². The van der Waals surface area contributed by atoms with E-state index < -0.39 is 6.10 Å². The van der Waals surface area contributed by atoms with Gasteiger partial charge in [-0.25, -0.2) is 0 Å². The van der Waals surface area contributed by atoms with Gasteiger partial charge in [-0.3, -0.25) is 14.4 Å². The molecule has 26 heavy (non-hydrogen) atoms. The minimum absolute atomic E-state index is 0.129. The number of para-hydroxylation sites is 2. The summed E-state index contributed by atoms with van der Waals surface area (Å²) in [5.41, 5.74) is 1.75. The monoisotopic (exact) mass is 353 g/mol. The Labute approximate surface area is 150 Å². The number of hydrogen-bond donors (Lipinski definition) is 2. The Balaban J connectivity index is 1.76. The number of nitrogens with one attached hydrogen (secondary N) is 2. The van der Waals surface area contributed by atoms with E-state index in [0.29, 0.717) is 22.8 Å². The highest BCUT2D eigenvalue weighted by Gasteiger charge is 2.32. The Bertz CT molecular complexity index is 865. The fourth-order valence-electron chi connectivity index (χ4n) is 2.77. The van der Waals surface area contributed by atoms with Crippen LogP contribution in [0.4, 0.5) is 17.1 Å². The van der Waals surface area contributed by atoms with Gasteiger partial charge < -0.3 is 20.3 Å². The van der Waals surface area contributed by atoms with Gasteiger partial charge in [-0.1, -0.05) is 18.2 Å². The zero-order valence-corrected chi connectivity index (χ0v) is 14.5. The van der Waals surface area contributed by atoms with Crippen molar-refractivity contribution < 1.29 is 19.1 Å². The molecule has 0 fully saturated rings. The molecule has 0 saturated carbocycles. The number of amides is 3. The summed E-state index contributed by atoms with van der Waals surface area (Å²) in [7, 11) is 0. The first kappa shape index (κ1) is 17.5. The second-order valence-electron chi connectivity index (χ2n) is 5.96. The summed E-state index contributed by atoms with van der Waals surface area (Å²) in [6.45, 7) is 2.99. The van der Waals surface area contributed by atoms with Gasteiger partial charge in [0.25, 0.3) is 5.91 Å². The van der Waals surface area contributed by atoms with Crippen LogP contribution in [-0.4, -0.2) is 30.4 Å². The van der Waals surface area contributed by atoms with Gasteiger partial charge >= 0.3 is 0 Å². The third-order valence-electron chi connectivity index (χ3n) is 3.90. The lowest BCUT2D eigenvalue weighted by atomic mass is 10.1. The largest absolute Gasteiger partial charge is 0.476 e. The molecule has 134 valence electrons. The van der Waals surface area contributed by atoms with Crippen molar-refractivity contribution in [3.05, 3.63) is 48.5 Å². The maximum atomic E-state index is 12.6. The Morgan fingerprint density at radius 2 is 1.69 bits per heavy atom. The third kappa shape index (κ3) is 3.83. The van der Waals surface area contributed by atoms with Gasteiger partial charge in [0.1, 0.15) is 5.75 Å². The van der Waals surface area contributed by atoms with E-state index >= 15 is 0 Å². The molecule has 0 aliphatic carbocycles. The van der Waals surface area contributed by atoms with Crippen molar-refractivity contribution in [1.82, 2.24) is 0 Å². The molecule has 0 saturated heterocycles. The molecule has 1 unspecified atom stereocenters. The zero-order valence-electron chi connectivity index (χ0n) is 14.5. The summed E-state index contributed by atoms with van der Waals surface area (Å²) in [5.74, 6) is -0.240. The minimum Gasteiger partial charge on any atom is -0.476 e. The molecule has 1 aliphatic rings. The molecule has 2 N–H and O–H groups in total. The van der Waals surface area contributed by atoms with E-state index in [9.17, 15) is 14.4 Å². The van der Waals surface area contributed by atoms with Gasteiger partial charge in [0, 0.05) is 25.2 Å². The van der Waals surface area contributed by atoms with Crippen molar-refractivity contribution in [3.63, 3.8) is 0 Å². The average molecular weight is 353 g/mol. The highest BCUT2D eigenvalue weighted by molar-refractivity contribution is 6.00. The van der Waals surface area contributed by atoms with Crippen LogP contribution in [0.3, 0.4) is 0 Å². The molecule has 2 aromatic rings. The SMILES string of the molecule is CC(=O)Nc1cccc(NC(=O)C2CN(C(C)=O)c3ccccc3O2)c1. The van der Waals surface area contributed by atoms with E-state index in [0.717, 1.165) is 0 Å². The van der Waals surface area contributed by atoms with E-state index in [1.54, 1.807) is 42.5 Å². The maximum Gasteiger partial charge on any atom is 0.267 e. The number of ether oxygens (including phenoxy) is 1. The first-order valence-electron chi connectivity index (χ1n) is 8.16. The lowest BCUT2D eigenvalue weighted by Gasteiger charge is -2.33. The molecular formula is C19H19N3O4. The fraction of sp³-hybridized carbons (Fsp3) is 0.211. The number of carbonyl (C=O) groups excluding carboxylic acids is 3. The number of benzene rings is 2. The summed E-state index contributed by atoms with van der Waals surface area (Å²) >= 11 is 0. The smallest absolute Gasteiger partial charge is 0.267 e. The standard InChI is InChI=1S/C19H19N3O4/c1-12(23)20-14-6-5-7-15(10-14)21-19(25)18-11-22(13(2)24)16-8-3-4-9-17(16)26-18/h3-10,18H,11H2,1-2H3,(H,20,23)(H,21,25). The van der Waals surface area contributed by atoms with Crippen LogP contribution in [0.5, 0.6) is 5.75 Å². The van der Waals surface area contributed by atoms with Gasteiger partial charge in [0.15, 0.2) is 6.10 Å². The topological polar surface area (TPSA) is 87.7 Å². The molecule has 1 aliphatic heterocycles. The van der Waals surface area contributed by atoms with Gasteiger partial charge in [-0.15, -0.1) is 0 Å². The van der Waals surface area contributed by atoms with Crippen LogP contribution >= 0.6 is 0 Å². The molecule has 1 atom stereocenters. The minimum atomic E-state index is -0.835. The van der Waals surface area contributed by atoms with Gasteiger partial charge in [-0.2, -0.15) is 0 Å². The molecule has 0 bridgehead atoms. The predicted molar refractivity (Wildman–Crippen MR) is 98.3 cm³/mol. The lowest BCUT2D eigenvalue weighted by Crippen LogP contribution is -2.48. The van der Waals surface area contributed by atoms with E-state index in [1.165, 1.54) is 18.7 Å². The highest BCUT2D eigenvalue weighted by Crippen LogP contribution is 2.33. The van der Waals surface area contributed by atoms with Crippen LogP contribution in [0.15, 0.2) is 48.5 Å². The first-order chi connectivity index (χ1) is 12.4. The molecule has 1 heterocycles. The second-order valence-corrected chi connectivity index (χ2v) is 5.96. The molecule has 0 radical (unpaired) electrons. The predicted octanol–water partition coefficient (Wildman–Crippen LogP) is 2.40. The van der Waals surface area contributed by atoms with Gasteiger partial charge in [0.2, 0.25) is 11.8 Å². The number of rotatable bonds is 3. The zero-order chi connectivity index (χ0) is 18.7. The first-order valence-corrected chi connectivity index (χ1v) is 8.16. The van der Waals surface area contributed by atoms with E-state index in [-0.39, 0.29) is 24.3 Å². The van der Waals surface area contributed by atoms with E-state index in [2.05, 4.69) is 10.6 Å². The summed E-state index contributed by atoms with van der Waals surface area (Å²) in [6.07, 6.45) is -0.835. The Kier molecular flexibility index (Phi) is 4.88. The van der Waals surface area contributed by atoms with Crippen molar-refractivity contribution in [1.29, 1.82) is 0 Å². The number of anilines is 3. The Morgan fingerprint density at radius 3 is 2.38 bits per heavy atom. The molecule has 0 spiro atoms. The molecule has 0 aromatic heterocycles. The Morgan fingerprint density at radius 1 is 1.00 bits per heavy atom. The summed E-state index contributed by atoms with van der Waals surface area (Å²) in [4.78, 5) is 37.2. The van der Waals surface area contributed by atoms with Crippen molar-refractivity contribution in [2.24, 2.45) is 0 Å². The fourth-order valence-corrected chi connectivity index (χ4v) is 2.77. The number of carbonyl (C=O) groups is 3. The summed E-state index contributed by atoms with van der Waals surface area (Å²) in [6, 6.07) is 13.9. The molecule has 3 rings (SSSR count). The van der Waals surface area contributed by atoms with Crippen LogP contribution in [0.25, 0.3) is 0 Å². The lowest BCUT2D eigenvalue weighted by molar-refractivity contribution is -0.123. The van der Waals surface area contributed by atoms with Gasteiger partial charge in [-0.05, 0) is 30.3 Å². The summed E-state index contributed by atoms with van der Waals surface area (Å²) < 4.78 is 5.77. The number of fused-ring (bicyclic) bond motifs is 1. The Hall–Kier alpha value is -3.35. The molecule has 3 amide bonds. The van der Waals surface area contributed by atoms with Crippen molar-refractivity contribution >= 4 is 34.8 Å². The maximum absolute atomic E-state index is 12.6.